The predicted octanol–water partition coefficient (Wildman–Crippen LogP) is -0.163. The summed E-state index contributed by atoms with van der Waals surface area (Å²) in [6.45, 7) is 0.919. The van der Waals surface area contributed by atoms with Crippen molar-refractivity contribution in [2.45, 2.75) is 24.9 Å². The zero-order valence-corrected chi connectivity index (χ0v) is 8.70. The van der Waals surface area contributed by atoms with Crippen molar-refractivity contribution < 1.29 is 23.7 Å². The molecular weight excluding hydrogens is 190 g/mol. The van der Waals surface area contributed by atoms with Crippen LogP contribution in [0.5, 0.6) is 0 Å². The number of halogens is 1. The molecule has 1 N–H and O–H groups in total. The van der Waals surface area contributed by atoms with Crippen LogP contribution in [0.2, 0.25) is 0 Å². The Morgan fingerprint density at radius 1 is 1.43 bits per heavy atom. The number of hydrogen-bond donors (Lipinski definition) is 1. The van der Waals surface area contributed by atoms with E-state index in [9.17, 15) is 4.39 Å². The highest BCUT2D eigenvalue weighted by atomic mass is 19.2. The lowest BCUT2D eigenvalue weighted by Crippen LogP contribution is -2.46. The first kappa shape index (κ1) is 13.8. The molecule has 0 bridgehead atoms. The molecule has 1 unspecified atom stereocenters. The standard InChI is InChI=1S/C8H16BFO4/c1-6(11)8(10,5-13-3)14-7(9)4-12-2/h6-7,11H,4-5H2,1-3H3/t6-,7?,8-/m1/s1. The Morgan fingerprint density at radius 3 is 2.36 bits per heavy atom. The van der Waals surface area contributed by atoms with Crippen LogP contribution in [0.4, 0.5) is 4.39 Å². The van der Waals surface area contributed by atoms with E-state index >= 15 is 0 Å². The summed E-state index contributed by atoms with van der Waals surface area (Å²) < 4.78 is 27.8. The summed E-state index contributed by atoms with van der Waals surface area (Å²) in [5, 5.41) is 9.14. The van der Waals surface area contributed by atoms with Gasteiger partial charge in [0.1, 0.15) is 20.6 Å². The molecule has 0 amide bonds. The molecular formula is C8H16BFO4. The molecule has 6 heteroatoms. The summed E-state index contributed by atoms with van der Waals surface area (Å²) >= 11 is 0. The second-order valence-corrected chi connectivity index (χ2v) is 3.01. The maximum atomic E-state index is 13.8. The van der Waals surface area contributed by atoms with Gasteiger partial charge in [-0.15, -0.1) is 0 Å². The van der Waals surface area contributed by atoms with Crippen molar-refractivity contribution in [3.05, 3.63) is 0 Å². The van der Waals surface area contributed by atoms with Crippen molar-refractivity contribution in [2.75, 3.05) is 27.4 Å². The van der Waals surface area contributed by atoms with Crippen molar-refractivity contribution in [3.63, 3.8) is 0 Å². The van der Waals surface area contributed by atoms with E-state index in [1.807, 2.05) is 0 Å². The summed E-state index contributed by atoms with van der Waals surface area (Å²) in [5.41, 5.74) is 0. The number of hydrogen-bond acceptors (Lipinski definition) is 4. The molecule has 14 heavy (non-hydrogen) atoms. The lowest BCUT2D eigenvalue weighted by molar-refractivity contribution is -0.239. The molecule has 0 aromatic carbocycles. The number of ether oxygens (including phenoxy) is 3. The third kappa shape index (κ3) is 4.37. The maximum absolute atomic E-state index is 13.8. The van der Waals surface area contributed by atoms with E-state index in [1.54, 1.807) is 0 Å². The van der Waals surface area contributed by atoms with Gasteiger partial charge in [0.2, 0.25) is 0 Å². The monoisotopic (exact) mass is 206 g/mol. The summed E-state index contributed by atoms with van der Waals surface area (Å²) in [7, 11) is 8.11. The van der Waals surface area contributed by atoms with Crippen LogP contribution in [-0.4, -0.2) is 58.3 Å². The summed E-state index contributed by atoms with van der Waals surface area (Å²) in [6.07, 6.45) is -1.33. The van der Waals surface area contributed by atoms with Crippen LogP contribution >= 0.6 is 0 Å². The van der Waals surface area contributed by atoms with Gasteiger partial charge in [0.15, 0.2) is 0 Å². The quantitative estimate of drug-likeness (QED) is 0.588. The van der Waals surface area contributed by atoms with Gasteiger partial charge in [-0.05, 0) is 6.92 Å². The topological polar surface area (TPSA) is 47.9 Å². The van der Waals surface area contributed by atoms with Gasteiger partial charge in [0.05, 0.1) is 6.61 Å². The lowest BCUT2D eigenvalue weighted by atomic mass is 10.0. The molecule has 2 radical (unpaired) electrons. The normalized spacial score (nSPS) is 20.1. The molecule has 4 nitrogen and oxygen atoms in total. The average molecular weight is 206 g/mol. The fourth-order valence-electron chi connectivity index (χ4n) is 0.900. The molecule has 0 aliphatic rings. The first-order valence-electron chi connectivity index (χ1n) is 4.24. The zero-order chi connectivity index (χ0) is 11.2. The van der Waals surface area contributed by atoms with Gasteiger partial charge >= 0.3 is 0 Å². The van der Waals surface area contributed by atoms with Crippen molar-refractivity contribution in [3.8, 4) is 0 Å². The minimum Gasteiger partial charge on any atom is -0.387 e. The van der Waals surface area contributed by atoms with E-state index < -0.39 is 18.0 Å². The molecule has 0 heterocycles. The third-order valence-corrected chi connectivity index (χ3v) is 1.64. The number of aliphatic hydroxyl groups excluding tert-OH is 1. The molecule has 0 saturated heterocycles. The Hall–Kier alpha value is -0.165. The van der Waals surface area contributed by atoms with Crippen LogP contribution in [0.15, 0.2) is 0 Å². The fourth-order valence-corrected chi connectivity index (χ4v) is 0.900. The molecule has 0 aromatic rings. The molecule has 0 aliphatic carbocycles. The highest BCUT2D eigenvalue weighted by molar-refractivity contribution is 6.11. The predicted molar refractivity (Wildman–Crippen MR) is 49.9 cm³/mol. The van der Waals surface area contributed by atoms with Gasteiger partial charge in [-0.3, -0.25) is 0 Å². The van der Waals surface area contributed by atoms with Gasteiger partial charge in [0, 0.05) is 20.2 Å². The van der Waals surface area contributed by atoms with E-state index in [4.69, 9.17) is 17.7 Å². The SMILES string of the molecule is [B]C(COC)O[C@](F)(COC)[C@@H](C)O. The molecule has 82 valence electrons. The minimum atomic E-state index is -2.30. The molecule has 0 spiro atoms. The second kappa shape index (κ2) is 6.34. The Morgan fingerprint density at radius 2 is 2.00 bits per heavy atom. The van der Waals surface area contributed by atoms with Crippen molar-refractivity contribution in [1.82, 2.24) is 0 Å². The second-order valence-electron chi connectivity index (χ2n) is 3.01. The zero-order valence-electron chi connectivity index (χ0n) is 8.70. The van der Waals surface area contributed by atoms with Gasteiger partial charge < -0.3 is 19.3 Å². The molecule has 0 rings (SSSR count). The Bertz CT molecular complexity index is 158. The molecule has 0 fully saturated rings. The van der Waals surface area contributed by atoms with Crippen LogP contribution < -0.4 is 0 Å². The van der Waals surface area contributed by atoms with Crippen LogP contribution in [0.25, 0.3) is 0 Å². The molecule has 0 aliphatic heterocycles. The first-order chi connectivity index (χ1) is 6.46. The van der Waals surface area contributed by atoms with Crippen LogP contribution in [0.3, 0.4) is 0 Å². The van der Waals surface area contributed by atoms with E-state index in [2.05, 4.69) is 9.47 Å². The van der Waals surface area contributed by atoms with Crippen molar-refractivity contribution in [2.24, 2.45) is 0 Å². The highest BCUT2D eigenvalue weighted by Gasteiger charge is 2.38. The van der Waals surface area contributed by atoms with E-state index in [-0.39, 0.29) is 13.2 Å². The summed E-state index contributed by atoms with van der Waals surface area (Å²) in [4.78, 5) is 0. The lowest BCUT2D eigenvalue weighted by Gasteiger charge is -2.30. The van der Waals surface area contributed by atoms with E-state index in [1.165, 1.54) is 21.1 Å². The fraction of sp³-hybridized carbons (Fsp3) is 1.00. The number of methoxy groups -OCH3 is 2. The number of rotatable bonds is 7. The number of alkyl halides is 1. The molecule has 0 aromatic heterocycles. The summed E-state index contributed by atoms with van der Waals surface area (Å²) in [6, 6.07) is -0.935. The van der Waals surface area contributed by atoms with Gasteiger partial charge in [-0.1, -0.05) is 0 Å². The average Bonchev–Trinajstić information content (AvgIpc) is 2.04. The third-order valence-electron chi connectivity index (χ3n) is 1.64. The first-order valence-corrected chi connectivity index (χ1v) is 4.24. The smallest absolute Gasteiger partial charge is 0.258 e. The van der Waals surface area contributed by atoms with Crippen LogP contribution in [0, 0.1) is 0 Å². The van der Waals surface area contributed by atoms with Crippen LogP contribution in [-0.2, 0) is 14.2 Å². The van der Waals surface area contributed by atoms with Crippen molar-refractivity contribution >= 4 is 7.85 Å². The summed E-state index contributed by atoms with van der Waals surface area (Å²) in [5.74, 6) is -2.30. The largest absolute Gasteiger partial charge is 0.387 e. The minimum absolute atomic E-state index is 0.0438. The van der Waals surface area contributed by atoms with E-state index in [0.717, 1.165) is 0 Å². The highest BCUT2D eigenvalue weighted by Crippen LogP contribution is 2.20. The number of aliphatic hydroxyl groups is 1. The Balaban J connectivity index is 4.21. The van der Waals surface area contributed by atoms with Gasteiger partial charge in [-0.2, -0.15) is 0 Å². The van der Waals surface area contributed by atoms with Gasteiger partial charge in [0.25, 0.3) is 5.85 Å². The Kier molecular flexibility index (Phi) is 6.27. The van der Waals surface area contributed by atoms with Crippen LogP contribution in [0.1, 0.15) is 6.92 Å². The van der Waals surface area contributed by atoms with E-state index in [0.29, 0.717) is 0 Å². The molecule has 3 atom stereocenters. The van der Waals surface area contributed by atoms with Gasteiger partial charge in [-0.25, -0.2) is 4.39 Å². The Labute approximate surface area is 84.7 Å². The molecule has 0 saturated carbocycles. The van der Waals surface area contributed by atoms with Crippen molar-refractivity contribution in [1.29, 1.82) is 0 Å². The maximum Gasteiger partial charge on any atom is 0.258 e.